The lowest BCUT2D eigenvalue weighted by Gasteiger charge is -2.26. The van der Waals surface area contributed by atoms with Crippen molar-refractivity contribution in [2.24, 2.45) is 0 Å². The molecule has 0 saturated carbocycles. The molecule has 32 heavy (non-hydrogen) atoms. The summed E-state index contributed by atoms with van der Waals surface area (Å²) in [5.74, 6) is 3.95. The van der Waals surface area contributed by atoms with Crippen molar-refractivity contribution in [3.63, 3.8) is 0 Å². The number of para-hydroxylation sites is 3. The number of ether oxygens (including phenoxy) is 3. The summed E-state index contributed by atoms with van der Waals surface area (Å²) in [4.78, 5) is 0. The second-order valence-electron chi connectivity index (χ2n) is 7.32. The molecule has 0 unspecified atom stereocenters. The van der Waals surface area contributed by atoms with Crippen LogP contribution < -0.4 is 14.2 Å². The van der Waals surface area contributed by atoms with Crippen molar-refractivity contribution in [3.8, 4) is 22.9 Å². The average molecular weight is 446 g/mol. The SMILES string of the molecule is COc1ccc(CCSc2nnc([C@@H]3COc4ccccc4O3)n2-c2ccccc2)cc1. The van der Waals surface area contributed by atoms with Crippen LogP contribution in [0.2, 0.25) is 0 Å². The molecule has 2 heterocycles. The van der Waals surface area contributed by atoms with E-state index >= 15 is 0 Å². The molecule has 0 fully saturated rings. The van der Waals surface area contributed by atoms with Crippen LogP contribution in [0.3, 0.4) is 0 Å². The number of hydrogen-bond donors (Lipinski definition) is 0. The second kappa shape index (κ2) is 9.36. The molecule has 1 aliphatic heterocycles. The first-order chi connectivity index (χ1) is 15.8. The molecule has 0 radical (unpaired) electrons. The van der Waals surface area contributed by atoms with E-state index < -0.39 is 0 Å². The van der Waals surface area contributed by atoms with Crippen LogP contribution in [0, 0.1) is 0 Å². The van der Waals surface area contributed by atoms with E-state index in [0.717, 1.165) is 46.1 Å². The lowest BCUT2D eigenvalue weighted by molar-refractivity contribution is 0.0835. The van der Waals surface area contributed by atoms with Gasteiger partial charge in [0.1, 0.15) is 12.4 Å². The average Bonchev–Trinajstić information content (AvgIpc) is 3.28. The molecule has 3 aromatic carbocycles. The minimum absolute atomic E-state index is 0.339. The minimum Gasteiger partial charge on any atom is -0.497 e. The van der Waals surface area contributed by atoms with Gasteiger partial charge in [-0.15, -0.1) is 10.2 Å². The van der Waals surface area contributed by atoms with Gasteiger partial charge in [-0.1, -0.05) is 54.2 Å². The first kappa shape index (κ1) is 20.5. The Morgan fingerprint density at radius 1 is 0.938 bits per heavy atom. The normalized spacial score (nSPS) is 14.8. The number of aromatic nitrogens is 3. The van der Waals surface area contributed by atoms with Gasteiger partial charge in [-0.05, 0) is 48.4 Å². The van der Waals surface area contributed by atoms with Gasteiger partial charge in [-0.3, -0.25) is 4.57 Å². The van der Waals surface area contributed by atoms with Gasteiger partial charge < -0.3 is 14.2 Å². The van der Waals surface area contributed by atoms with Crippen molar-refractivity contribution in [2.45, 2.75) is 17.7 Å². The van der Waals surface area contributed by atoms with Crippen LogP contribution in [-0.2, 0) is 6.42 Å². The molecule has 0 bridgehead atoms. The van der Waals surface area contributed by atoms with Gasteiger partial charge in [0.2, 0.25) is 0 Å². The van der Waals surface area contributed by atoms with E-state index in [-0.39, 0.29) is 6.10 Å². The van der Waals surface area contributed by atoms with Crippen LogP contribution in [0.25, 0.3) is 5.69 Å². The van der Waals surface area contributed by atoms with Crippen molar-refractivity contribution >= 4 is 11.8 Å². The van der Waals surface area contributed by atoms with Gasteiger partial charge in [0.25, 0.3) is 0 Å². The molecule has 7 heteroatoms. The Balaban J connectivity index is 1.38. The Hall–Kier alpha value is -3.45. The molecule has 0 amide bonds. The summed E-state index contributed by atoms with van der Waals surface area (Å²) < 4.78 is 19.5. The molecule has 0 saturated heterocycles. The van der Waals surface area contributed by atoms with E-state index in [4.69, 9.17) is 14.2 Å². The Morgan fingerprint density at radius 3 is 2.47 bits per heavy atom. The lowest BCUT2D eigenvalue weighted by Crippen LogP contribution is -2.24. The number of thioether (sulfide) groups is 1. The second-order valence-corrected chi connectivity index (χ2v) is 8.38. The van der Waals surface area contributed by atoms with Gasteiger partial charge in [0.15, 0.2) is 28.6 Å². The third-order valence-corrected chi connectivity index (χ3v) is 6.18. The number of rotatable bonds is 7. The molecule has 1 aromatic heterocycles. The summed E-state index contributed by atoms with van der Waals surface area (Å²) in [7, 11) is 1.68. The van der Waals surface area contributed by atoms with E-state index in [2.05, 4.69) is 39.0 Å². The van der Waals surface area contributed by atoms with Crippen molar-refractivity contribution in [1.29, 1.82) is 0 Å². The highest BCUT2D eigenvalue weighted by Crippen LogP contribution is 2.37. The Kier molecular flexibility index (Phi) is 5.98. The predicted octanol–water partition coefficient (Wildman–Crippen LogP) is 5.12. The number of hydrogen-bond acceptors (Lipinski definition) is 6. The van der Waals surface area contributed by atoms with Crippen LogP contribution >= 0.6 is 11.8 Å². The molecule has 0 spiro atoms. The van der Waals surface area contributed by atoms with E-state index in [9.17, 15) is 0 Å². The molecule has 162 valence electrons. The molecule has 1 atom stereocenters. The summed E-state index contributed by atoms with van der Waals surface area (Å²) in [6.45, 7) is 0.387. The van der Waals surface area contributed by atoms with E-state index in [0.29, 0.717) is 6.61 Å². The molecular weight excluding hydrogens is 422 g/mol. The van der Waals surface area contributed by atoms with Crippen LogP contribution in [0.5, 0.6) is 17.2 Å². The van der Waals surface area contributed by atoms with Crippen molar-refractivity contribution in [3.05, 3.63) is 90.3 Å². The largest absolute Gasteiger partial charge is 0.497 e. The number of nitrogens with zero attached hydrogens (tertiary/aromatic N) is 3. The van der Waals surface area contributed by atoms with Crippen molar-refractivity contribution < 1.29 is 14.2 Å². The maximum Gasteiger partial charge on any atom is 0.195 e. The zero-order valence-electron chi connectivity index (χ0n) is 17.7. The Labute approximate surface area is 191 Å². The number of methoxy groups -OCH3 is 1. The monoisotopic (exact) mass is 445 g/mol. The summed E-state index contributed by atoms with van der Waals surface area (Å²) in [5.41, 5.74) is 2.26. The number of aryl methyl sites for hydroxylation is 1. The highest BCUT2D eigenvalue weighted by Gasteiger charge is 2.29. The lowest BCUT2D eigenvalue weighted by atomic mass is 10.2. The number of fused-ring (bicyclic) bond motifs is 1. The summed E-state index contributed by atoms with van der Waals surface area (Å²) >= 11 is 1.68. The van der Waals surface area contributed by atoms with Crippen molar-refractivity contribution in [1.82, 2.24) is 14.8 Å². The molecule has 5 rings (SSSR count). The molecule has 1 aliphatic rings. The van der Waals surface area contributed by atoms with Crippen molar-refractivity contribution in [2.75, 3.05) is 19.5 Å². The van der Waals surface area contributed by atoms with Gasteiger partial charge in [0, 0.05) is 11.4 Å². The maximum atomic E-state index is 6.22. The fourth-order valence-electron chi connectivity index (χ4n) is 3.60. The quantitative estimate of drug-likeness (QED) is 0.368. The third kappa shape index (κ3) is 4.29. The van der Waals surface area contributed by atoms with Crippen LogP contribution in [0.4, 0.5) is 0 Å². The first-order valence-electron chi connectivity index (χ1n) is 10.5. The van der Waals surface area contributed by atoms with Gasteiger partial charge in [-0.25, -0.2) is 0 Å². The van der Waals surface area contributed by atoms with Gasteiger partial charge >= 0.3 is 0 Å². The fourth-order valence-corrected chi connectivity index (χ4v) is 4.55. The highest BCUT2D eigenvalue weighted by molar-refractivity contribution is 7.99. The molecular formula is C25H23N3O3S. The van der Waals surface area contributed by atoms with Gasteiger partial charge in [0.05, 0.1) is 7.11 Å². The zero-order chi connectivity index (χ0) is 21.8. The minimum atomic E-state index is -0.339. The molecule has 6 nitrogen and oxygen atoms in total. The molecule has 4 aromatic rings. The van der Waals surface area contributed by atoms with Crippen LogP contribution in [0.1, 0.15) is 17.5 Å². The summed E-state index contributed by atoms with van der Waals surface area (Å²) in [6, 6.07) is 26.0. The van der Waals surface area contributed by atoms with Crippen LogP contribution in [0.15, 0.2) is 84.0 Å². The predicted molar refractivity (Wildman–Crippen MR) is 124 cm³/mol. The highest BCUT2D eigenvalue weighted by atomic mass is 32.2. The Morgan fingerprint density at radius 2 is 1.69 bits per heavy atom. The topological polar surface area (TPSA) is 58.4 Å². The van der Waals surface area contributed by atoms with E-state index in [1.807, 2.05) is 54.6 Å². The molecule has 0 N–H and O–H groups in total. The standard InChI is InChI=1S/C25H23N3O3S/c1-29-20-13-11-18(12-14-20)15-16-32-25-27-26-24(28(25)19-7-3-2-4-8-19)23-17-30-21-9-5-6-10-22(21)31-23/h2-14,23H,15-17H2,1H3/t23-/m0/s1. The van der Waals surface area contributed by atoms with E-state index in [1.165, 1.54) is 5.56 Å². The zero-order valence-corrected chi connectivity index (χ0v) is 18.5. The Bertz CT molecular complexity index is 1180. The maximum absolute atomic E-state index is 6.22. The summed E-state index contributed by atoms with van der Waals surface area (Å²) in [5, 5.41) is 9.85. The fraction of sp³-hybridized carbons (Fsp3) is 0.200. The molecule has 0 aliphatic carbocycles. The third-order valence-electron chi connectivity index (χ3n) is 5.25. The smallest absolute Gasteiger partial charge is 0.195 e. The first-order valence-corrected chi connectivity index (χ1v) is 11.5. The number of benzene rings is 3. The van der Waals surface area contributed by atoms with Crippen LogP contribution in [-0.4, -0.2) is 34.2 Å². The van der Waals surface area contributed by atoms with Gasteiger partial charge in [-0.2, -0.15) is 0 Å². The van der Waals surface area contributed by atoms with E-state index in [1.54, 1.807) is 18.9 Å². The summed E-state index contributed by atoms with van der Waals surface area (Å²) in [6.07, 6.45) is 0.579.